The molecule has 3 rings (SSSR count). The summed E-state index contributed by atoms with van der Waals surface area (Å²) in [6.45, 7) is 0.355. The van der Waals surface area contributed by atoms with Gasteiger partial charge in [0.1, 0.15) is 0 Å². The molecule has 0 fully saturated rings. The lowest BCUT2D eigenvalue weighted by atomic mass is 10.2. The SMILES string of the molecule is O=C(NCc1cccnc1)c1nc(-c2ccccc2)ncc1Cl. The van der Waals surface area contributed by atoms with Crippen molar-refractivity contribution in [3.63, 3.8) is 0 Å². The van der Waals surface area contributed by atoms with E-state index >= 15 is 0 Å². The van der Waals surface area contributed by atoms with E-state index in [9.17, 15) is 4.79 Å². The Kier molecular flexibility index (Phi) is 4.59. The highest BCUT2D eigenvalue weighted by Crippen LogP contribution is 2.19. The van der Waals surface area contributed by atoms with Gasteiger partial charge in [-0.3, -0.25) is 9.78 Å². The van der Waals surface area contributed by atoms with E-state index in [1.807, 2.05) is 42.5 Å². The molecule has 0 unspecified atom stereocenters. The Bertz CT molecular complexity index is 809. The first-order valence-corrected chi connectivity index (χ1v) is 7.37. The second-order valence-corrected chi connectivity index (χ2v) is 5.21. The molecule has 1 aromatic carbocycles. The number of pyridine rings is 1. The van der Waals surface area contributed by atoms with Gasteiger partial charge in [0, 0.05) is 24.5 Å². The minimum Gasteiger partial charge on any atom is -0.347 e. The van der Waals surface area contributed by atoms with E-state index in [1.54, 1.807) is 12.4 Å². The maximum absolute atomic E-state index is 12.3. The van der Waals surface area contributed by atoms with Gasteiger partial charge in [0.2, 0.25) is 0 Å². The van der Waals surface area contributed by atoms with Crippen LogP contribution < -0.4 is 5.32 Å². The number of aromatic nitrogens is 3. The van der Waals surface area contributed by atoms with E-state index < -0.39 is 0 Å². The number of nitrogens with one attached hydrogen (secondary N) is 1. The second-order valence-electron chi connectivity index (χ2n) is 4.80. The maximum atomic E-state index is 12.3. The third kappa shape index (κ3) is 3.70. The molecule has 0 bridgehead atoms. The van der Waals surface area contributed by atoms with Crippen LogP contribution in [0.25, 0.3) is 11.4 Å². The zero-order valence-corrected chi connectivity index (χ0v) is 12.9. The van der Waals surface area contributed by atoms with Crippen LogP contribution in [-0.4, -0.2) is 20.9 Å². The Balaban J connectivity index is 1.80. The van der Waals surface area contributed by atoms with Crippen LogP contribution in [0.1, 0.15) is 16.1 Å². The number of hydrogen-bond donors (Lipinski definition) is 1. The second kappa shape index (κ2) is 6.98. The fourth-order valence-electron chi connectivity index (χ4n) is 2.02. The van der Waals surface area contributed by atoms with Crippen molar-refractivity contribution in [2.45, 2.75) is 6.54 Å². The number of carbonyl (C=O) groups excluding carboxylic acids is 1. The van der Waals surface area contributed by atoms with Crippen LogP contribution in [0.2, 0.25) is 5.02 Å². The molecule has 0 radical (unpaired) electrons. The van der Waals surface area contributed by atoms with Gasteiger partial charge < -0.3 is 5.32 Å². The van der Waals surface area contributed by atoms with Crippen LogP contribution in [0.3, 0.4) is 0 Å². The van der Waals surface area contributed by atoms with E-state index in [2.05, 4.69) is 20.3 Å². The molecule has 0 saturated carbocycles. The van der Waals surface area contributed by atoms with Gasteiger partial charge in [-0.05, 0) is 11.6 Å². The number of carbonyl (C=O) groups is 1. The molecule has 1 amide bonds. The standard InChI is InChI=1S/C17H13ClN4O/c18-14-11-20-16(13-6-2-1-3-7-13)22-15(14)17(23)21-10-12-5-4-8-19-9-12/h1-9,11H,10H2,(H,21,23). The number of halogens is 1. The topological polar surface area (TPSA) is 67.8 Å². The highest BCUT2D eigenvalue weighted by atomic mass is 35.5. The lowest BCUT2D eigenvalue weighted by molar-refractivity contribution is 0.0946. The van der Waals surface area contributed by atoms with Crippen molar-refractivity contribution < 1.29 is 4.79 Å². The fraction of sp³-hybridized carbons (Fsp3) is 0.0588. The van der Waals surface area contributed by atoms with Crippen LogP contribution >= 0.6 is 11.6 Å². The Morgan fingerprint density at radius 1 is 1.09 bits per heavy atom. The highest BCUT2D eigenvalue weighted by molar-refractivity contribution is 6.33. The van der Waals surface area contributed by atoms with E-state index in [0.717, 1.165) is 11.1 Å². The third-order valence-corrected chi connectivity index (χ3v) is 3.44. The molecule has 2 aromatic heterocycles. The highest BCUT2D eigenvalue weighted by Gasteiger charge is 2.14. The Hall–Kier alpha value is -2.79. The van der Waals surface area contributed by atoms with Gasteiger partial charge in [0.15, 0.2) is 11.5 Å². The zero-order chi connectivity index (χ0) is 16.1. The first-order valence-electron chi connectivity index (χ1n) is 6.99. The first kappa shape index (κ1) is 15.1. The number of amides is 1. The predicted octanol–water partition coefficient (Wildman–Crippen LogP) is 3.12. The van der Waals surface area contributed by atoms with Gasteiger partial charge in [0.25, 0.3) is 5.91 Å². The molecule has 0 atom stereocenters. The average molecular weight is 325 g/mol. The van der Waals surface area contributed by atoms with Crippen LogP contribution in [-0.2, 0) is 6.54 Å². The summed E-state index contributed by atoms with van der Waals surface area (Å²) in [5, 5.41) is 3.00. The quantitative estimate of drug-likeness (QED) is 0.800. The van der Waals surface area contributed by atoms with Crippen LogP contribution in [0.15, 0.2) is 61.1 Å². The molecule has 0 aliphatic heterocycles. The molecule has 0 spiro atoms. The van der Waals surface area contributed by atoms with Gasteiger partial charge in [0.05, 0.1) is 11.2 Å². The monoisotopic (exact) mass is 324 g/mol. The molecule has 3 aromatic rings. The summed E-state index contributed by atoms with van der Waals surface area (Å²) in [5.74, 6) is 0.111. The predicted molar refractivity (Wildman–Crippen MR) is 87.9 cm³/mol. The minimum atomic E-state index is -0.349. The lowest BCUT2D eigenvalue weighted by Crippen LogP contribution is -2.24. The van der Waals surface area contributed by atoms with Gasteiger partial charge in [-0.25, -0.2) is 9.97 Å². The van der Waals surface area contributed by atoms with Gasteiger partial charge in [-0.15, -0.1) is 0 Å². The minimum absolute atomic E-state index is 0.157. The van der Waals surface area contributed by atoms with Crippen molar-refractivity contribution in [2.24, 2.45) is 0 Å². The van der Waals surface area contributed by atoms with Gasteiger partial charge >= 0.3 is 0 Å². The molecule has 1 N–H and O–H groups in total. The summed E-state index contributed by atoms with van der Waals surface area (Å²) in [6.07, 6.45) is 4.81. The van der Waals surface area contributed by atoms with Crippen LogP contribution in [0.4, 0.5) is 0 Å². The smallest absolute Gasteiger partial charge is 0.271 e. The Morgan fingerprint density at radius 2 is 1.91 bits per heavy atom. The third-order valence-electron chi connectivity index (χ3n) is 3.17. The first-order chi connectivity index (χ1) is 11.2. The van der Waals surface area contributed by atoms with E-state index in [-0.39, 0.29) is 16.6 Å². The molecular formula is C17H13ClN4O. The molecule has 5 nitrogen and oxygen atoms in total. The molecule has 6 heteroatoms. The summed E-state index contributed by atoms with van der Waals surface area (Å²) in [7, 11) is 0. The maximum Gasteiger partial charge on any atom is 0.271 e. The number of rotatable bonds is 4. The van der Waals surface area contributed by atoms with E-state index in [0.29, 0.717) is 12.4 Å². The van der Waals surface area contributed by atoms with E-state index in [1.165, 1.54) is 6.20 Å². The van der Waals surface area contributed by atoms with Crippen molar-refractivity contribution in [1.82, 2.24) is 20.3 Å². The Morgan fingerprint density at radius 3 is 2.65 bits per heavy atom. The number of benzene rings is 1. The van der Waals surface area contributed by atoms with Crippen molar-refractivity contribution in [3.8, 4) is 11.4 Å². The van der Waals surface area contributed by atoms with Gasteiger partial charge in [-0.2, -0.15) is 0 Å². The van der Waals surface area contributed by atoms with Crippen molar-refractivity contribution >= 4 is 17.5 Å². The molecule has 2 heterocycles. The van der Waals surface area contributed by atoms with Gasteiger partial charge in [-0.1, -0.05) is 48.0 Å². The summed E-state index contributed by atoms with van der Waals surface area (Å²) in [6, 6.07) is 13.1. The summed E-state index contributed by atoms with van der Waals surface area (Å²) in [5.41, 5.74) is 1.88. The average Bonchev–Trinajstić information content (AvgIpc) is 2.62. The fourth-order valence-corrected chi connectivity index (χ4v) is 2.20. The zero-order valence-electron chi connectivity index (χ0n) is 12.1. The van der Waals surface area contributed by atoms with E-state index in [4.69, 9.17) is 11.6 Å². The summed E-state index contributed by atoms with van der Waals surface area (Å²) < 4.78 is 0. The summed E-state index contributed by atoms with van der Waals surface area (Å²) >= 11 is 6.06. The molecule has 114 valence electrons. The van der Waals surface area contributed by atoms with Crippen molar-refractivity contribution in [3.05, 3.63) is 77.3 Å². The summed E-state index contributed by atoms with van der Waals surface area (Å²) in [4.78, 5) is 24.8. The number of hydrogen-bond acceptors (Lipinski definition) is 4. The lowest BCUT2D eigenvalue weighted by Gasteiger charge is -2.07. The molecule has 0 aliphatic carbocycles. The van der Waals surface area contributed by atoms with Crippen molar-refractivity contribution in [1.29, 1.82) is 0 Å². The molecule has 0 aliphatic rings. The molecule has 23 heavy (non-hydrogen) atoms. The number of nitrogens with zero attached hydrogens (tertiary/aromatic N) is 3. The largest absolute Gasteiger partial charge is 0.347 e. The molecular weight excluding hydrogens is 312 g/mol. The van der Waals surface area contributed by atoms with Crippen LogP contribution in [0, 0.1) is 0 Å². The van der Waals surface area contributed by atoms with Crippen LogP contribution in [0.5, 0.6) is 0 Å². The van der Waals surface area contributed by atoms with Crippen molar-refractivity contribution in [2.75, 3.05) is 0 Å². The molecule has 0 saturated heterocycles. The normalized spacial score (nSPS) is 10.3. The Labute approximate surface area is 138 Å².